The Bertz CT molecular complexity index is 1020. The van der Waals surface area contributed by atoms with E-state index < -0.39 is 4.92 Å². The maximum atomic E-state index is 12.3. The van der Waals surface area contributed by atoms with Gasteiger partial charge in [0.15, 0.2) is 0 Å². The third kappa shape index (κ3) is 5.32. The summed E-state index contributed by atoms with van der Waals surface area (Å²) in [5, 5.41) is 18.1. The summed E-state index contributed by atoms with van der Waals surface area (Å²) >= 11 is 6.01. The van der Waals surface area contributed by atoms with E-state index in [0.717, 1.165) is 17.8 Å². The number of nitrogens with zero attached hydrogens (tertiary/aromatic N) is 3. The number of non-ortho nitro benzene ring substituents is 1. The fourth-order valence-electron chi connectivity index (χ4n) is 2.58. The second-order valence-electron chi connectivity index (χ2n) is 6.20. The van der Waals surface area contributed by atoms with E-state index in [4.69, 9.17) is 16.3 Å². The van der Waals surface area contributed by atoms with E-state index in [1.165, 1.54) is 18.2 Å². The first kappa shape index (κ1) is 20.3. The summed E-state index contributed by atoms with van der Waals surface area (Å²) < 4.78 is 7.41. The van der Waals surface area contributed by atoms with Crippen LogP contribution in [0.3, 0.4) is 0 Å². The highest BCUT2D eigenvalue weighted by atomic mass is 35.5. The number of hydrogen-bond donors (Lipinski definition) is 1. The van der Waals surface area contributed by atoms with Gasteiger partial charge in [-0.05, 0) is 36.8 Å². The summed E-state index contributed by atoms with van der Waals surface area (Å²) in [6.45, 7) is 3.35. The lowest BCUT2D eigenvalue weighted by Crippen LogP contribution is -2.23. The molecule has 0 radical (unpaired) electrons. The minimum Gasteiger partial charge on any atom is -0.487 e. The van der Waals surface area contributed by atoms with Crippen LogP contribution < -0.4 is 10.1 Å². The first-order valence-electron chi connectivity index (χ1n) is 8.92. The zero-order chi connectivity index (χ0) is 20.8. The van der Waals surface area contributed by atoms with Crippen LogP contribution in [0.25, 0.3) is 0 Å². The summed E-state index contributed by atoms with van der Waals surface area (Å²) in [5.74, 6) is 0.160. The lowest BCUT2D eigenvalue weighted by atomic mass is 10.1. The van der Waals surface area contributed by atoms with Gasteiger partial charge in [0.2, 0.25) is 0 Å². The number of nitro groups is 1. The average molecular weight is 415 g/mol. The SMILES string of the molecule is CCn1ccc(CNC(=O)c2ccc(COc3ccc([N+](=O)[O-])cc3Cl)cc2)n1. The van der Waals surface area contributed by atoms with Gasteiger partial charge in [-0.3, -0.25) is 19.6 Å². The summed E-state index contributed by atoms with van der Waals surface area (Å²) in [7, 11) is 0. The Morgan fingerprint density at radius 3 is 2.62 bits per heavy atom. The van der Waals surface area contributed by atoms with Crippen molar-refractivity contribution in [3.05, 3.63) is 86.7 Å². The molecule has 0 aliphatic heterocycles. The van der Waals surface area contributed by atoms with Crippen molar-refractivity contribution in [1.82, 2.24) is 15.1 Å². The minimum absolute atomic E-state index is 0.0980. The highest BCUT2D eigenvalue weighted by Crippen LogP contribution is 2.29. The molecule has 0 unspecified atom stereocenters. The number of rotatable bonds is 8. The standard InChI is InChI=1S/C20H19ClN4O4/c1-2-24-10-9-16(23-24)12-22-20(26)15-5-3-14(4-6-15)13-29-19-8-7-17(25(27)28)11-18(19)21/h3-11H,2,12-13H2,1H3,(H,22,26). The summed E-state index contributed by atoms with van der Waals surface area (Å²) in [6.07, 6.45) is 1.87. The van der Waals surface area contributed by atoms with Crippen molar-refractivity contribution in [2.24, 2.45) is 0 Å². The number of carbonyl (C=O) groups excluding carboxylic acids is 1. The van der Waals surface area contributed by atoms with Gasteiger partial charge in [-0.25, -0.2) is 0 Å². The van der Waals surface area contributed by atoms with Crippen LogP contribution in [0.4, 0.5) is 5.69 Å². The van der Waals surface area contributed by atoms with E-state index in [0.29, 0.717) is 17.9 Å². The minimum atomic E-state index is -0.519. The lowest BCUT2D eigenvalue weighted by molar-refractivity contribution is -0.384. The lowest BCUT2D eigenvalue weighted by Gasteiger charge is -2.09. The molecule has 1 amide bonds. The van der Waals surface area contributed by atoms with Crippen molar-refractivity contribution in [1.29, 1.82) is 0 Å². The van der Waals surface area contributed by atoms with Gasteiger partial charge in [0.1, 0.15) is 12.4 Å². The monoisotopic (exact) mass is 414 g/mol. The van der Waals surface area contributed by atoms with Crippen molar-refractivity contribution < 1.29 is 14.5 Å². The highest BCUT2D eigenvalue weighted by molar-refractivity contribution is 6.32. The van der Waals surface area contributed by atoms with Gasteiger partial charge in [0.25, 0.3) is 11.6 Å². The van der Waals surface area contributed by atoms with E-state index in [9.17, 15) is 14.9 Å². The van der Waals surface area contributed by atoms with E-state index in [2.05, 4.69) is 10.4 Å². The summed E-state index contributed by atoms with van der Waals surface area (Å²) in [6, 6.07) is 12.9. The van der Waals surface area contributed by atoms with Crippen LogP contribution >= 0.6 is 11.6 Å². The van der Waals surface area contributed by atoms with Gasteiger partial charge < -0.3 is 10.1 Å². The molecule has 8 nitrogen and oxygen atoms in total. The molecule has 3 rings (SSSR count). The Kier molecular flexibility index (Phi) is 6.46. The number of nitro benzene ring substituents is 1. The first-order valence-corrected chi connectivity index (χ1v) is 9.30. The second kappa shape index (κ2) is 9.20. The number of carbonyl (C=O) groups is 1. The molecule has 150 valence electrons. The number of benzene rings is 2. The zero-order valence-corrected chi connectivity index (χ0v) is 16.4. The molecular weight excluding hydrogens is 396 g/mol. The Hall–Kier alpha value is -3.39. The van der Waals surface area contributed by atoms with Crippen molar-refractivity contribution in [3.63, 3.8) is 0 Å². The molecule has 1 heterocycles. The van der Waals surface area contributed by atoms with Crippen molar-refractivity contribution >= 4 is 23.2 Å². The molecule has 0 fully saturated rings. The predicted octanol–water partition coefficient (Wildman–Crippen LogP) is 3.97. The van der Waals surface area contributed by atoms with E-state index in [1.807, 2.05) is 19.2 Å². The highest BCUT2D eigenvalue weighted by Gasteiger charge is 2.11. The third-order valence-electron chi connectivity index (χ3n) is 4.19. The average Bonchev–Trinajstić information content (AvgIpc) is 3.19. The molecule has 1 N–H and O–H groups in total. The van der Waals surface area contributed by atoms with Gasteiger partial charge in [-0.15, -0.1) is 0 Å². The Labute approximate surface area is 172 Å². The summed E-state index contributed by atoms with van der Waals surface area (Å²) in [4.78, 5) is 22.5. The van der Waals surface area contributed by atoms with Gasteiger partial charge in [-0.1, -0.05) is 23.7 Å². The van der Waals surface area contributed by atoms with Gasteiger partial charge in [0.05, 0.1) is 22.2 Å². The molecule has 0 bridgehead atoms. The number of aryl methyl sites for hydroxylation is 1. The van der Waals surface area contributed by atoms with Crippen LogP contribution in [0.1, 0.15) is 28.5 Å². The number of halogens is 1. The Morgan fingerprint density at radius 1 is 1.24 bits per heavy atom. The van der Waals surface area contributed by atoms with E-state index >= 15 is 0 Å². The molecule has 0 atom stereocenters. The van der Waals surface area contributed by atoms with E-state index in [-0.39, 0.29) is 23.2 Å². The zero-order valence-electron chi connectivity index (χ0n) is 15.7. The summed E-state index contributed by atoms with van der Waals surface area (Å²) in [5.41, 5.74) is 2.05. The molecular formula is C20H19ClN4O4. The third-order valence-corrected chi connectivity index (χ3v) is 4.48. The maximum Gasteiger partial charge on any atom is 0.271 e. The molecule has 3 aromatic rings. The molecule has 0 aliphatic carbocycles. The largest absolute Gasteiger partial charge is 0.487 e. The van der Waals surface area contributed by atoms with Gasteiger partial charge in [-0.2, -0.15) is 5.10 Å². The van der Waals surface area contributed by atoms with Crippen molar-refractivity contribution in [2.75, 3.05) is 0 Å². The fraction of sp³-hybridized carbons (Fsp3) is 0.200. The number of hydrogen-bond acceptors (Lipinski definition) is 5. The van der Waals surface area contributed by atoms with Crippen LogP contribution in [0.2, 0.25) is 5.02 Å². The molecule has 1 aromatic heterocycles. The molecule has 2 aromatic carbocycles. The molecule has 0 aliphatic rings. The Morgan fingerprint density at radius 2 is 2.00 bits per heavy atom. The van der Waals surface area contributed by atoms with Crippen LogP contribution in [-0.4, -0.2) is 20.6 Å². The van der Waals surface area contributed by atoms with Crippen LogP contribution in [0.5, 0.6) is 5.75 Å². The number of nitrogens with one attached hydrogen (secondary N) is 1. The maximum absolute atomic E-state index is 12.3. The van der Waals surface area contributed by atoms with Crippen molar-refractivity contribution in [3.8, 4) is 5.75 Å². The Balaban J connectivity index is 1.54. The van der Waals surface area contributed by atoms with Gasteiger partial charge in [0, 0.05) is 30.4 Å². The topological polar surface area (TPSA) is 99.3 Å². The quantitative estimate of drug-likeness (QED) is 0.444. The van der Waals surface area contributed by atoms with Crippen molar-refractivity contribution in [2.45, 2.75) is 26.6 Å². The smallest absolute Gasteiger partial charge is 0.271 e. The van der Waals surface area contributed by atoms with E-state index in [1.54, 1.807) is 28.9 Å². The first-order chi connectivity index (χ1) is 14.0. The number of ether oxygens (including phenoxy) is 1. The predicted molar refractivity (Wildman–Crippen MR) is 108 cm³/mol. The molecule has 0 spiro atoms. The molecule has 29 heavy (non-hydrogen) atoms. The number of aromatic nitrogens is 2. The van der Waals surface area contributed by atoms with Crippen LogP contribution in [0.15, 0.2) is 54.7 Å². The molecule has 0 saturated heterocycles. The normalized spacial score (nSPS) is 10.6. The van der Waals surface area contributed by atoms with Crippen LogP contribution in [-0.2, 0) is 19.7 Å². The number of amides is 1. The van der Waals surface area contributed by atoms with Gasteiger partial charge >= 0.3 is 0 Å². The fourth-order valence-corrected chi connectivity index (χ4v) is 2.81. The van der Waals surface area contributed by atoms with Crippen LogP contribution in [0, 0.1) is 10.1 Å². The molecule has 0 saturated carbocycles. The second-order valence-corrected chi connectivity index (χ2v) is 6.61. The molecule has 9 heteroatoms.